The molecule has 1 atom stereocenters. The molecule has 0 N–H and O–H groups in total. The summed E-state index contributed by atoms with van der Waals surface area (Å²) in [5, 5.41) is 0. The summed E-state index contributed by atoms with van der Waals surface area (Å²) in [6, 6.07) is 4.35. The lowest BCUT2D eigenvalue weighted by molar-refractivity contribution is 0.0142. The number of benzene rings is 1. The van der Waals surface area contributed by atoms with E-state index in [1.165, 1.54) is 35.5 Å². The van der Waals surface area contributed by atoms with Crippen molar-refractivity contribution in [3.63, 3.8) is 0 Å². The lowest BCUT2D eigenvalue weighted by atomic mass is 10.0. The summed E-state index contributed by atoms with van der Waals surface area (Å²) in [5.41, 5.74) is 0.123. The van der Waals surface area contributed by atoms with Crippen molar-refractivity contribution in [1.82, 2.24) is 24.7 Å². The monoisotopic (exact) mass is 569 g/mol. The van der Waals surface area contributed by atoms with Crippen molar-refractivity contribution in [1.29, 1.82) is 0 Å². The zero-order valence-corrected chi connectivity index (χ0v) is 24.7. The Balaban J connectivity index is 1.42. The van der Waals surface area contributed by atoms with E-state index < -0.39 is 11.4 Å². The van der Waals surface area contributed by atoms with Gasteiger partial charge in [0.05, 0.1) is 17.2 Å². The molecule has 10 nitrogen and oxygen atoms in total. The number of halogens is 1. The highest BCUT2D eigenvalue weighted by atomic mass is 19.1. The first-order valence-electron chi connectivity index (χ1n) is 14.1. The smallest absolute Gasteiger partial charge is 0.410 e. The van der Waals surface area contributed by atoms with Crippen LogP contribution in [-0.4, -0.2) is 100 Å². The Labute approximate surface area is 240 Å². The second kappa shape index (κ2) is 12.5. The number of likely N-dealkylation sites (N-methyl/N-ethyl adjacent to an activating group) is 1. The summed E-state index contributed by atoms with van der Waals surface area (Å²) in [6.45, 7) is 8.78. The molecule has 11 heteroatoms. The van der Waals surface area contributed by atoms with Crippen LogP contribution in [0.4, 0.5) is 9.18 Å². The molecular weight excluding hydrogens is 529 g/mol. The molecule has 4 rings (SSSR count). The number of carbonyl (C=O) groups is 3. The van der Waals surface area contributed by atoms with Crippen molar-refractivity contribution >= 4 is 17.9 Å². The van der Waals surface area contributed by atoms with Gasteiger partial charge in [0.1, 0.15) is 11.4 Å². The second-order valence-electron chi connectivity index (χ2n) is 11.9. The first-order chi connectivity index (χ1) is 19.4. The van der Waals surface area contributed by atoms with Gasteiger partial charge in [0.25, 0.3) is 11.8 Å². The number of likely N-dealkylation sites (tertiary alicyclic amines) is 1. The molecule has 3 amide bonds. The fraction of sp³-hybridized carbons (Fsp3) is 0.567. The summed E-state index contributed by atoms with van der Waals surface area (Å²) in [6.07, 6.45) is 5.57. The normalized spacial score (nSPS) is 16.7. The number of ether oxygens (including phenoxy) is 2. The predicted octanol–water partition coefficient (Wildman–Crippen LogP) is 4.39. The Kier molecular flexibility index (Phi) is 9.26. The molecule has 1 saturated heterocycles. The Morgan fingerprint density at radius 2 is 1.63 bits per heavy atom. The molecule has 222 valence electrons. The quantitative estimate of drug-likeness (QED) is 0.464. The molecule has 1 aromatic heterocycles. The minimum atomic E-state index is -0.625. The molecule has 2 aliphatic rings. The number of carbonyl (C=O) groups excluding carboxylic acids is 3. The molecular formula is C30H40FN5O5. The summed E-state index contributed by atoms with van der Waals surface area (Å²) < 4.78 is 25.7. The van der Waals surface area contributed by atoms with Crippen molar-refractivity contribution < 1.29 is 28.2 Å². The van der Waals surface area contributed by atoms with Crippen LogP contribution in [-0.2, 0) is 9.47 Å². The van der Waals surface area contributed by atoms with Crippen LogP contribution >= 0.6 is 0 Å². The maximum Gasteiger partial charge on any atom is 0.410 e. The van der Waals surface area contributed by atoms with Crippen LogP contribution in [0.2, 0.25) is 0 Å². The lowest BCUT2D eigenvalue weighted by Gasteiger charge is -2.39. The van der Waals surface area contributed by atoms with Gasteiger partial charge in [-0.05, 0) is 71.6 Å². The second-order valence-corrected chi connectivity index (χ2v) is 11.9. The third-order valence-corrected chi connectivity index (χ3v) is 7.32. The van der Waals surface area contributed by atoms with E-state index in [2.05, 4.69) is 9.97 Å². The van der Waals surface area contributed by atoms with Crippen molar-refractivity contribution in [3.05, 3.63) is 47.5 Å². The largest absolute Gasteiger partial charge is 0.444 e. The van der Waals surface area contributed by atoms with E-state index in [-0.39, 0.29) is 53.0 Å². The Morgan fingerprint density at radius 1 is 1.02 bits per heavy atom. The van der Waals surface area contributed by atoms with E-state index >= 15 is 4.39 Å². The standard InChI is InChI=1S/C30H40FN5O5/c1-19(40-6)18-34(5)27(37)20-7-10-24(25(31)15-20)26-32-16-21(17-33-26)28(38)36(22-8-9-22)23-11-13-35(14-12-23)29(39)41-30(2,3)4/h7,10,15-17,19,22-23H,8-9,11-14,18H2,1-6H3. The van der Waals surface area contributed by atoms with Gasteiger partial charge in [0.2, 0.25) is 0 Å². The minimum Gasteiger partial charge on any atom is -0.444 e. The molecule has 1 unspecified atom stereocenters. The molecule has 0 bridgehead atoms. The molecule has 1 aromatic carbocycles. The lowest BCUT2D eigenvalue weighted by Crippen LogP contribution is -2.50. The van der Waals surface area contributed by atoms with Crippen LogP contribution in [0.3, 0.4) is 0 Å². The highest BCUT2D eigenvalue weighted by Gasteiger charge is 2.40. The van der Waals surface area contributed by atoms with Crippen molar-refractivity contribution in [3.8, 4) is 11.4 Å². The van der Waals surface area contributed by atoms with E-state index in [0.717, 1.165) is 12.8 Å². The van der Waals surface area contributed by atoms with Crippen LogP contribution in [0.1, 0.15) is 74.1 Å². The Bertz CT molecular complexity index is 1250. The molecule has 1 saturated carbocycles. The molecule has 1 aliphatic carbocycles. The van der Waals surface area contributed by atoms with Gasteiger partial charge >= 0.3 is 6.09 Å². The van der Waals surface area contributed by atoms with Gasteiger partial charge in [-0.1, -0.05) is 0 Å². The predicted molar refractivity (Wildman–Crippen MR) is 151 cm³/mol. The number of nitrogens with zero attached hydrogens (tertiary/aromatic N) is 5. The van der Waals surface area contributed by atoms with Crippen LogP contribution in [0, 0.1) is 5.82 Å². The fourth-order valence-electron chi connectivity index (χ4n) is 4.96. The summed E-state index contributed by atoms with van der Waals surface area (Å²) in [7, 11) is 3.20. The van der Waals surface area contributed by atoms with E-state index in [1.54, 1.807) is 19.1 Å². The summed E-state index contributed by atoms with van der Waals surface area (Å²) in [4.78, 5) is 52.3. The third kappa shape index (κ3) is 7.58. The summed E-state index contributed by atoms with van der Waals surface area (Å²) >= 11 is 0. The number of amides is 3. The Hall–Kier alpha value is -3.60. The average Bonchev–Trinajstić information content (AvgIpc) is 3.77. The molecule has 0 radical (unpaired) electrons. The fourth-order valence-corrected chi connectivity index (χ4v) is 4.96. The van der Waals surface area contributed by atoms with E-state index in [9.17, 15) is 14.4 Å². The maximum absolute atomic E-state index is 15.0. The molecule has 0 spiro atoms. The summed E-state index contributed by atoms with van der Waals surface area (Å²) in [5.74, 6) is -0.981. The highest BCUT2D eigenvalue weighted by molar-refractivity contribution is 5.95. The van der Waals surface area contributed by atoms with Gasteiger partial charge in [-0.3, -0.25) is 9.59 Å². The van der Waals surface area contributed by atoms with Crippen LogP contribution in [0.5, 0.6) is 0 Å². The van der Waals surface area contributed by atoms with Crippen LogP contribution in [0.15, 0.2) is 30.6 Å². The van der Waals surface area contributed by atoms with Crippen LogP contribution < -0.4 is 0 Å². The highest BCUT2D eigenvalue weighted by Crippen LogP contribution is 2.33. The van der Waals surface area contributed by atoms with Gasteiger partial charge in [-0.15, -0.1) is 0 Å². The number of rotatable bonds is 8. The van der Waals surface area contributed by atoms with Gasteiger partial charge in [0, 0.05) is 63.8 Å². The first kappa shape index (κ1) is 30.4. The van der Waals surface area contributed by atoms with Gasteiger partial charge in [-0.25, -0.2) is 19.2 Å². The topological polar surface area (TPSA) is 105 Å². The molecule has 2 fully saturated rings. The van der Waals surface area contributed by atoms with E-state index in [0.29, 0.717) is 38.0 Å². The van der Waals surface area contributed by atoms with Crippen LogP contribution in [0.25, 0.3) is 11.4 Å². The number of piperidine rings is 1. The minimum absolute atomic E-state index is 0.000830. The van der Waals surface area contributed by atoms with E-state index in [4.69, 9.17) is 9.47 Å². The maximum atomic E-state index is 15.0. The van der Waals surface area contributed by atoms with Crippen molar-refractivity contribution in [2.45, 2.75) is 77.2 Å². The molecule has 2 aromatic rings. The molecule has 41 heavy (non-hydrogen) atoms. The SMILES string of the molecule is COC(C)CN(C)C(=O)c1ccc(-c2ncc(C(=O)N(C3CC3)C3CCN(C(=O)OC(C)(C)C)CC3)cn2)c(F)c1. The van der Waals surface area contributed by atoms with Gasteiger partial charge in [0.15, 0.2) is 5.82 Å². The molecule has 2 heterocycles. The van der Waals surface area contributed by atoms with Crippen molar-refractivity contribution in [2.75, 3.05) is 33.8 Å². The van der Waals surface area contributed by atoms with Gasteiger partial charge in [-0.2, -0.15) is 0 Å². The third-order valence-electron chi connectivity index (χ3n) is 7.32. The number of aromatic nitrogens is 2. The first-order valence-corrected chi connectivity index (χ1v) is 14.1. The van der Waals surface area contributed by atoms with Crippen molar-refractivity contribution in [2.24, 2.45) is 0 Å². The number of methoxy groups -OCH3 is 1. The van der Waals surface area contributed by atoms with Gasteiger partial charge < -0.3 is 24.2 Å². The zero-order valence-electron chi connectivity index (χ0n) is 24.7. The average molecular weight is 570 g/mol. The number of hydrogen-bond donors (Lipinski definition) is 0. The Morgan fingerprint density at radius 3 is 2.17 bits per heavy atom. The molecule has 1 aliphatic heterocycles. The number of hydrogen-bond acceptors (Lipinski definition) is 7. The van der Waals surface area contributed by atoms with E-state index in [1.807, 2.05) is 32.6 Å². The zero-order chi connectivity index (χ0) is 29.9.